The van der Waals surface area contributed by atoms with E-state index in [0.29, 0.717) is 0 Å². The molecule has 0 N–H and O–H groups in total. The number of ether oxygens (including phenoxy) is 1. The summed E-state index contributed by atoms with van der Waals surface area (Å²) in [6.07, 6.45) is 1.53. The van der Waals surface area contributed by atoms with Gasteiger partial charge in [-0.1, -0.05) is 17.9 Å². The Kier molecular flexibility index (Phi) is 4.37. The summed E-state index contributed by atoms with van der Waals surface area (Å²) in [4.78, 5) is 12.1. The molecule has 3 heteroatoms. The molecule has 0 bridgehead atoms. The van der Waals surface area contributed by atoms with Gasteiger partial charge >= 0.3 is 5.97 Å². The molecule has 0 fully saturated rings. The first-order valence-electron chi connectivity index (χ1n) is 5.69. The molecule has 0 aromatic carbocycles. The van der Waals surface area contributed by atoms with Crippen LogP contribution in [0.2, 0.25) is 0 Å². The van der Waals surface area contributed by atoms with Gasteiger partial charge in [-0.2, -0.15) is 11.3 Å². The summed E-state index contributed by atoms with van der Waals surface area (Å²) in [5.74, 6) is 5.54. The Labute approximate surface area is 113 Å². The summed E-state index contributed by atoms with van der Waals surface area (Å²) in [6, 6.07) is 1.91. The molecule has 1 rings (SSSR count). The quantitative estimate of drug-likeness (QED) is 0.462. The van der Waals surface area contributed by atoms with Crippen molar-refractivity contribution in [2.75, 3.05) is 0 Å². The Morgan fingerprint density at radius 1 is 1.44 bits per heavy atom. The van der Waals surface area contributed by atoms with Crippen molar-refractivity contribution in [1.82, 2.24) is 0 Å². The lowest BCUT2D eigenvalue weighted by Gasteiger charge is -2.25. The van der Waals surface area contributed by atoms with E-state index in [0.717, 1.165) is 5.56 Å². The molecule has 1 atom stereocenters. The van der Waals surface area contributed by atoms with Gasteiger partial charge in [0.25, 0.3) is 0 Å². The van der Waals surface area contributed by atoms with Gasteiger partial charge in [0.15, 0.2) is 0 Å². The summed E-state index contributed by atoms with van der Waals surface area (Å²) in [7, 11) is 0. The number of carbonyl (C=O) groups excluding carboxylic acids is 1. The van der Waals surface area contributed by atoms with E-state index in [1.54, 1.807) is 18.3 Å². The maximum Gasteiger partial charge on any atom is 0.328 e. The number of hydrogen-bond donors (Lipinski definition) is 0. The number of esters is 1. The lowest BCUT2D eigenvalue weighted by Crippen LogP contribution is -2.33. The lowest BCUT2D eigenvalue weighted by molar-refractivity contribution is -0.160. The van der Waals surface area contributed by atoms with E-state index in [1.165, 1.54) is 6.08 Å². The van der Waals surface area contributed by atoms with Crippen LogP contribution < -0.4 is 0 Å². The average Bonchev–Trinajstić information content (AvgIpc) is 2.76. The van der Waals surface area contributed by atoms with E-state index >= 15 is 0 Å². The van der Waals surface area contributed by atoms with Gasteiger partial charge in [0.05, 0.1) is 0 Å². The maximum atomic E-state index is 12.1. The van der Waals surface area contributed by atoms with Crippen molar-refractivity contribution in [3.63, 3.8) is 0 Å². The van der Waals surface area contributed by atoms with Gasteiger partial charge in [0.1, 0.15) is 11.0 Å². The Balaban J connectivity index is 2.92. The van der Waals surface area contributed by atoms with Crippen molar-refractivity contribution in [3.05, 3.63) is 35.0 Å². The molecular weight excluding hydrogens is 244 g/mol. The molecule has 0 saturated heterocycles. The molecule has 0 aliphatic heterocycles. The summed E-state index contributed by atoms with van der Waals surface area (Å²) < 4.78 is 5.35. The molecular formula is C15H18O2S. The summed E-state index contributed by atoms with van der Waals surface area (Å²) in [5.41, 5.74) is -0.600. The van der Waals surface area contributed by atoms with Gasteiger partial charge in [-0.25, -0.2) is 0 Å². The molecule has 1 aromatic rings. The first-order chi connectivity index (χ1) is 8.27. The van der Waals surface area contributed by atoms with Crippen LogP contribution in [0.3, 0.4) is 0 Å². The summed E-state index contributed by atoms with van der Waals surface area (Å²) >= 11 is 1.57. The Morgan fingerprint density at radius 3 is 2.56 bits per heavy atom. The zero-order chi connectivity index (χ0) is 13.8. The van der Waals surface area contributed by atoms with Gasteiger partial charge in [0, 0.05) is 10.9 Å². The van der Waals surface area contributed by atoms with Crippen LogP contribution in [0.1, 0.15) is 33.3 Å². The van der Waals surface area contributed by atoms with E-state index in [1.807, 2.05) is 37.6 Å². The summed E-state index contributed by atoms with van der Waals surface area (Å²) in [5, 5.41) is 3.88. The predicted octanol–water partition coefficient (Wildman–Crippen LogP) is 3.63. The first-order valence-corrected chi connectivity index (χ1v) is 6.63. The fourth-order valence-electron chi connectivity index (χ4n) is 1.11. The predicted molar refractivity (Wildman–Crippen MR) is 75.3 cm³/mol. The highest BCUT2D eigenvalue weighted by molar-refractivity contribution is 7.08. The fourth-order valence-corrected chi connectivity index (χ4v) is 1.69. The minimum absolute atomic E-state index is 0.368. The van der Waals surface area contributed by atoms with Gasteiger partial charge in [0.2, 0.25) is 0 Å². The van der Waals surface area contributed by atoms with Gasteiger partial charge in [-0.15, -0.1) is 6.58 Å². The average molecular weight is 262 g/mol. The van der Waals surface area contributed by atoms with E-state index in [4.69, 9.17) is 4.74 Å². The van der Waals surface area contributed by atoms with Gasteiger partial charge in [-0.05, 0) is 39.1 Å². The fraction of sp³-hybridized carbons (Fsp3) is 0.400. The van der Waals surface area contributed by atoms with E-state index in [-0.39, 0.29) is 5.97 Å². The Morgan fingerprint density at radius 2 is 2.11 bits per heavy atom. The summed E-state index contributed by atoms with van der Waals surface area (Å²) in [6.45, 7) is 10.9. The Hall–Kier alpha value is -1.53. The van der Waals surface area contributed by atoms with Crippen molar-refractivity contribution < 1.29 is 9.53 Å². The molecule has 0 radical (unpaired) electrons. The highest BCUT2D eigenvalue weighted by Gasteiger charge is 2.32. The molecule has 96 valence electrons. The smallest absolute Gasteiger partial charge is 0.328 e. The van der Waals surface area contributed by atoms with Crippen LogP contribution in [0, 0.1) is 17.3 Å². The van der Waals surface area contributed by atoms with Gasteiger partial charge in [-0.3, -0.25) is 4.79 Å². The lowest BCUT2D eigenvalue weighted by atomic mass is 9.91. The third-order valence-electron chi connectivity index (χ3n) is 2.22. The van der Waals surface area contributed by atoms with Crippen molar-refractivity contribution in [2.45, 2.75) is 33.3 Å². The second-order valence-corrected chi connectivity index (χ2v) is 5.95. The molecule has 0 amide bonds. The highest BCUT2D eigenvalue weighted by Crippen LogP contribution is 2.22. The SMILES string of the molecule is C=C[C@](C)(C#Cc1ccsc1)C(=O)OC(C)(C)C. The third kappa shape index (κ3) is 4.05. The largest absolute Gasteiger partial charge is 0.459 e. The zero-order valence-electron chi connectivity index (χ0n) is 11.2. The standard InChI is InChI=1S/C15H18O2S/c1-6-15(5,13(16)17-14(2,3)4)9-7-12-8-10-18-11-12/h6,8,10-11H,1H2,2-5H3/t15-/m1/s1. The topological polar surface area (TPSA) is 26.3 Å². The molecule has 0 unspecified atom stereocenters. The normalized spacial score (nSPS) is 14.0. The first kappa shape index (κ1) is 14.5. The monoisotopic (exact) mass is 262 g/mol. The number of hydrogen-bond acceptors (Lipinski definition) is 3. The van der Waals surface area contributed by atoms with E-state index in [9.17, 15) is 4.79 Å². The van der Waals surface area contributed by atoms with Crippen LogP contribution in [0.4, 0.5) is 0 Å². The van der Waals surface area contributed by atoms with Crippen molar-refractivity contribution in [3.8, 4) is 11.8 Å². The molecule has 0 saturated carbocycles. The molecule has 0 aliphatic carbocycles. The molecule has 0 aliphatic rings. The van der Waals surface area contributed by atoms with Crippen LogP contribution in [0.25, 0.3) is 0 Å². The Bertz CT molecular complexity index is 483. The second-order valence-electron chi connectivity index (χ2n) is 5.17. The number of rotatable bonds is 2. The molecule has 0 spiro atoms. The van der Waals surface area contributed by atoms with E-state index < -0.39 is 11.0 Å². The van der Waals surface area contributed by atoms with Crippen molar-refractivity contribution in [2.24, 2.45) is 5.41 Å². The van der Waals surface area contributed by atoms with Crippen molar-refractivity contribution >= 4 is 17.3 Å². The number of thiophene rings is 1. The molecule has 18 heavy (non-hydrogen) atoms. The van der Waals surface area contributed by atoms with Crippen LogP contribution >= 0.6 is 11.3 Å². The van der Waals surface area contributed by atoms with Crippen LogP contribution in [-0.4, -0.2) is 11.6 Å². The van der Waals surface area contributed by atoms with Crippen LogP contribution in [0.15, 0.2) is 29.5 Å². The molecule has 1 heterocycles. The van der Waals surface area contributed by atoms with Crippen LogP contribution in [0.5, 0.6) is 0 Å². The minimum atomic E-state index is -0.977. The minimum Gasteiger partial charge on any atom is -0.459 e. The van der Waals surface area contributed by atoms with E-state index in [2.05, 4.69) is 18.4 Å². The van der Waals surface area contributed by atoms with Gasteiger partial charge < -0.3 is 4.74 Å². The number of carbonyl (C=O) groups is 1. The molecule has 2 nitrogen and oxygen atoms in total. The third-order valence-corrected chi connectivity index (χ3v) is 2.90. The van der Waals surface area contributed by atoms with Crippen molar-refractivity contribution in [1.29, 1.82) is 0 Å². The zero-order valence-corrected chi connectivity index (χ0v) is 12.1. The second kappa shape index (κ2) is 5.41. The molecule has 1 aromatic heterocycles. The van der Waals surface area contributed by atoms with Crippen LogP contribution in [-0.2, 0) is 9.53 Å². The maximum absolute atomic E-state index is 12.1. The highest BCUT2D eigenvalue weighted by atomic mass is 32.1.